The van der Waals surface area contributed by atoms with Crippen LogP contribution in [0.3, 0.4) is 0 Å². The first-order valence-corrected chi connectivity index (χ1v) is 10.5. The molecule has 5 heteroatoms. The summed E-state index contributed by atoms with van der Waals surface area (Å²) in [7, 11) is 0. The molecule has 5 nitrogen and oxygen atoms in total. The monoisotopic (exact) mass is 391 g/mol. The Hall–Kier alpha value is -2.95. The summed E-state index contributed by atoms with van der Waals surface area (Å²) in [5.74, 6) is 0.789. The SMILES string of the molecule is Cc1cc(C(=O)Nc2ccc(NC3CCCCC3)cc2)c(C)n1Cc1ccco1. The number of aryl methyl sites for hydroxylation is 1. The predicted octanol–water partition coefficient (Wildman–Crippen LogP) is 5.74. The molecular weight excluding hydrogens is 362 g/mol. The van der Waals surface area contributed by atoms with E-state index in [1.807, 2.05) is 56.3 Å². The first kappa shape index (κ1) is 19.4. The number of anilines is 2. The number of aromatic nitrogens is 1. The topological polar surface area (TPSA) is 59.2 Å². The molecule has 1 aliphatic carbocycles. The molecule has 1 fully saturated rings. The van der Waals surface area contributed by atoms with Crippen LogP contribution in [0, 0.1) is 13.8 Å². The Kier molecular flexibility index (Phi) is 5.74. The number of rotatable bonds is 6. The molecule has 29 heavy (non-hydrogen) atoms. The smallest absolute Gasteiger partial charge is 0.257 e. The Morgan fingerprint density at radius 3 is 2.48 bits per heavy atom. The summed E-state index contributed by atoms with van der Waals surface area (Å²) in [6.45, 7) is 4.61. The lowest BCUT2D eigenvalue weighted by molar-refractivity contribution is 0.102. The van der Waals surface area contributed by atoms with Crippen molar-refractivity contribution in [2.24, 2.45) is 0 Å². The van der Waals surface area contributed by atoms with Crippen molar-refractivity contribution in [1.29, 1.82) is 0 Å². The van der Waals surface area contributed by atoms with E-state index in [0.717, 1.165) is 28.5 Å². The minimum absolute atomic E-state index is 0.0863. The van der Waals surface area contributed by atoms with E-state index in [9.17, 15) is 4.79 Å². The zero-order valence-electron chi connectivity index (χ0n) is 17.2. The van der Waals surface area contributed by atoms with Gasteiger partial charge >= 0.3 is 0 Å². The number of carbonyl (C=O) groups is 1. The molecule has 1 aromatic carbocycles. The Balaban J connectivity index is 1.41. The highest BCUT2D eigenvalue weighted by molar-refractivity contribution is 6.05. The van der Waals surface area contributed by atoms with Crippen LogP contribution in [0.4, 0.5) is 11.4 Å². The molecule has 0 aliphatic heterocycles. The minimum atomic E-state index is -0.0863. The van der Waals surface area contributed by atoms with Gasteiger partial charge in [-0.25, -0.2) is 0 Å². The fourth-order valence-electron chi connectivity index (χ4n) is 4.16. The van der Waals surface area contributed by atoms with Crippen LogP contribution in [0.25, 0.3) is 0 Å². The molecule has 4 rings (SSSR count). The number of carbonyl (C=O) groups excluding carboxylic acids is 1. The van der Waals surface area contributed by atoms with Gasteiger partial charge in [0.2, 0.25) is 0 Å². The summed E-state index contributed by atoms with van der Waals surface area (Å²) in [5, 5.41) is 6.63. The number of nitrogens with zero attached hydrogens (tertiary/aromatic N) is 1. The van der Waals surface area contributed by atoms with E-state index < -0.39 is 0 Å². The maximum absolute atomic E-state index is 12.8. The van der Waals surface area contributed by atoms with Crippen LogP contribution >= 0.6 is 0 Å². The second-order valence-corrected chi connectivity index (χ2v) is 7.96. The summed E-state index contributed by atoms with van der Waals surface area (Å²) in [6.07, 6.45) is 8.13. The second kappa shape index (κ2) is 8.60. The van der Waals surface area contributed by atoms with Crippen LogP contribution < -0.4 is 10.6 Å². The number of amides is 1. The maximum Gasteiger partial charge on any atom is 0.257 e. The van der Waals surface area contributed by atoms with Crippen molar-refractivity contribution in [2.45, 2.75) is 58.5 Å². The highest BCUT2D eigenvalue weighted by Gasteiger charge is 2.17. The van der Waals surface area contributed by atoms with Crippen LogP contribution in [0.15, 0.2) is 53.1 Å². The molecule has 0 radical (unpaired) electrons. The summed E-state index contributed by atoms with van der Waals surface area (Å²) >= 11 is 0. The van der Waals surface area contributed by atoms with Gasteiger partial charge in [0.25, 0.3) is 5.91 Å². The number of hydrogen-bond acceptors (Lipinski definition) is 3. The standard InChI is InChI=1S/C24H29N3O2/c1-17-15-23(18(2)27(17)16-22-9-6-14-29-22)24(28)26-21-12-10-20(11-13-21)25-19-7-4-3-5-8-19/h6,9-15,19,25H,3-5,7-8,16H2,1-2H3,(H,26,28). The Bertz CT molecular complexity index is 949. The molecule has 0 bridgehead atoms. The lowest BCUT2D eigenvalue weighted by Gasteiger charge is -2.23. The highest BCUT2D eigenvalue weighted by atomic mass is 16.3. The van der Waals surface area contributed by atoms with Gasteiger partial charge in [0, 0.05) is 28.8 Å². The van der Waals surface area contributed by atoms with Crippen molar-refractivity contribution in [2.75, 3.05) is 10.6 Å². The quantitative estimate of drug-likeness (QED) is 0.563. The number of benzene rings is 1. The molecule has 2 heterocycles. The fourth-order valence-corrected chi connectivity index (χ4v) is 4.16. The fraction of sp³-hybridized carbons (Fsp3) is 0.375. The van der Waals surface area contributed by atoms with Crippen molar-refractivity contribution < 1.29 is 9.21 Å². The number of nitrogens with one attached hydrogen (secondary N) is 2. The molecule has 152 valence electrons. The maximum atomic E-state index is 12.8. The first-order valence-electron chi connectivity index (χ1n) is 10.5. The van der Waals surface area contributed by atoms with Gasteiger partial charge in [-0.3, -0.25) is 4.79 Å². The summed E-state index contributed by atoms with van der Waals surface area (Å²) in [6, 6.07) is 14.4. The van der Waals surface area contributed by atoms with Gasteiger partial charge in [0.1, 0.15) is 5.76 Å². The summed E-state index contributed by atoms with van der Waals surface area (Å²) in [4.78, 5) is 12.8. The normalized spacial score (nSPS) is 14.7. The van der Waals surface area contributed by atoms with Crippen molar-refractivity contribution >= 4 is 17.3 Å². The summed E-state index contributed by atoms with van der Waals surface area (Å²) < 4.78 is 7.55. The lowest BCUT2D eigenvalue weighted by atomic mass is 9.95. The Labute approximate surface area is 172 Å². The van der Waals surface area contributed by atoms with E-state index in [2.05, 4.69) is 15.2 Å². The van der Waals surface area contributed by atoms with E-state index in [-0.39, 0.29) is 5.91 Å². The van der Waals surface area contributed by atoms with Crippen LogP contribution in [-0.2, 0) is 6.54 Å². The summed E-state index contributed by atoms with van der Waals surface area (Å²) in [5.41, 5.74) is 4.59. The third kappa shape index (κ3) is 4.56. The molecule has 0 atom stereocenters. The molecule has 1 aliphatic rings. The van der Waals surface area contributed by atoms with E-state index in [1.165, 1.54) is 32.1 Å². The van der Waals surface area contributed by atoms with Gasteiger partial charge in [-0.2, -0.15) is 0 Å². The largest absolute Gasteiger partial charge is 0.467 e. The van der Waals surface area contributed by atoms with Crippen LogP contribution in [0.1, 0.15) is 59.6 Å². The molecule has 0 spiro atoms. The van der Waals surface area contributed by atoms with E-state index in [0.29, 0.717) is 18.2 Å². The highest BCUT2D eigenvalue weighted by Crippen LogP contribution is 2.23. The van der Waals surface area contributed by atoms with Crippen molar-refractivity contribution in [3.8, 4) is 0 Å². The third-order valence-electron chi connectivity index (χ3n) is 5.83. The first-order chi connectivity index (χ1) is 14.1. The molecule has 2 aromatic heterocycles. The molecule has 3 aromatic rings. The zero-order valence-corrected chi connectivity index (χ0v) is 17.2. The van der Waals surface area contributed by atoms with Crippen LogP contribution in [0.2, 0.25) is 0 Å². The Morgan fingerprint density at radius 2 is 1.79 bits per heavy atom. The van der Waals surface area contributed by atoms with Crippen molar-refractivity contribution in [3.63, 3.8) is 0 Å². The van der Waals surface area contributed by atoms with E-state index in [4.69, 9.17) is 4.42 Å². The average Bonchev–Trinajstić information content (AvgIpc) is 3.34. The van der Waals surface area contributed by atoms with Crippen LogP contribution in [0.5, 0.6) is 0 Å². The Morgan fingerprint density at radius 1 is 1.07 bits per heavy atom. The predicted molar refractivity (Wildman–Crippen MR) is 117 cm³/mol. The third-order valence-corrected chi connectivity index (χ3v) is 5.83. The van der Waals surface area contributed by atoms with Crippen molar-refractivity contribution in [3.05, 3.63) is 71.4 Å². The molecule has 2 N–H and O–H groups in total. The zero-order chi connectivity index (χ0) is 20.2. The van der Waals surface area contributed by atoms with E-state index >= 15 is 0 Å². The van der Waals surface area contributed by atoms with Gasteiger partial charge < -0.3 is 19.6 Å². The molecule has 0 unspecified atom stereocenters. The average molecular weight is 392 g/mol. The van der Waals surface area contributed by atoms with Gasteiger partial charge in [0.05, 0.1) is 18.4 Å². The number of furan rings is 1. The van der Waals surface area contributed by atoms with Gasteiger partial charge in [-0.05, 0) is 69.2 Å². The molecule has 1 saturated carbocycles. The second-order valence-electron chi connectivity index (χ2n) is 7.96. The van der Waals surface area contributed by atoms with E-state index in [1.54, 1.807) is 6.26 Å². The van der Waals surface area contributed by atoms with Gasteiger partial charge in [-0.15, -0.1) is 0 Å². The molecule has 0 saturated heterocycles. The molecular formula is C24H29N3O2. The van der Waals surface area contributed by atoms with Gasteiger partial charge in [-0.1, -0.05) is 19.3 Å². The van der Waals surface area contributed by atoms with Gasteiger partial charge in [0.15, 0.2) is 0 Å². The minimum Gasteiger partial charge on any atom is -0.467 e. The number of hydrogen-bond donors (Lipinski definition) is 2. The van der Waals surface area contributed by atoms with Crippen molar-refractivity contribution in [1.82, 2.24) is 4.57 Å². The lowest BCUT2D eigenvalue weighted by Crippen LogP contribution is -2.22. The molecule has 1 amide bonds. The van der Waals surface area contributed by atoms with Crippen LogP contribution in [-0.4, -0.2) is 16.5 Å².